The Morgan fingerprint density at radius 1 is 1.15 bits per heavy atom. The molecule has 0 aliphatic heterocycles. The molecule has 0 atom stereocenters. The van der Waals surface area contributed by atoms with Crippen molar-refractivity contribution in [2.24, 2.45) is 16.3 Å². The van der Waals surface area contributed by atoms with Gasteiger partial charge in [0.15, 0.2) is 15.8 Å². The molecule has 0 unspecified atom stereocenters. The van der Waals surface area contributed by atoms with E-state index in [1.807, 2.05) is 24.3 Å². The summed E-state index contributed by atoms with van der Waals surface area (Å²) in [7, 11) is -1.20. The van der Waals surface area contributed by atoms with Crippen LogP contribution in [0.4, 0.5) is 0 Å². The quantitative estimate of drug-likeness (QED) is 0.320. The second-order valence-electron chi connectivity index (χ2n) is 8.12. The maximum atomic E-state index is 11.4. The Labute approximate surface area is 181 Å². The average Bonchev–Trinajstić information content (AvgIpc) is 2.52. The minimum Gasteiger partial charge on any atom is -0.356 e. The Balaban J connectivity index is 0.00000364. The maximum Gasteiger partial charge on any atom is 0.191 e. The van der Waals surface area contributed by atoms with E-state index in [0.717, 1.165) is 29.5 Å². The van der Waals surface area contributed by atoms with Gasteiger partial charge in [-0.05, 0) is 41.7 Å². The minimum atomic E-state index is -2.99. The number of hydrogen-bond acceptors (Lipinski definition) is 3. The van der Waals surface area contributed by atoms with Crippen LogP contribution in [0.2, 0.25) is 0 Å². The summed E-state index contributed by atoms with van der Waals surface area (Å²) in [5.74, 6) is 1.62. The molecule has 1 aliphatic carbocycles. The molecule has 2 rings (SSSR count). The van der Waals surface area contributed by atoms with Crippen LogP contribution >= 0.6 is 24.0 Å². The Kier molecular flexibility index (Phi) is 9.54. The Bertz CT molecular complexity index is 711. The fraction of sp³-hybridized carbons (Fsp3) is 0.650. The molecule has 1 saturated carbocycles. The first-order valence-electron chi connectivity index (χ1n) is 9.41. The number of hydrogen-bond donors (Lipinski definition) is 2. The molecule has 0 amide bonds. The van der Waals surface area contributed by atoms with Gasteiger partial charge in [-0.25, -0.2) is 8.42 Å². The summed E-state index contributed by atoms with van der Waals surface area (Å²) in [4.78, 5) is 4.32. The van der Waals surface area contributed by atoms with E-state index in [-0.39, 0.29) is 29.7 Å². The minimum absolute atomic E-state index is 0. The predicted molar refractivity (Wildman–Crippen MR) is 124 cm³/mol. The highest BCUT2D eigenvalue weighted by atomic mass is 127. The van der Waals surface area contributed by atoms with Gasteiger partial charge in [-0.2, -0.15) is 0 Å². The molecule has 5 nitrogen and oxygen atoms in total. The van der Waals surface area contributed by atoms with Crippen molar-refractivity contribution in [1.29, 1.82) is 0 Å². The lowest BCUT2D eigenvalue weighted by Gasteiger charge is -2.43. The molecule has 0 radical (unpaired) electrons. The molecule has 2 N–H and O–H groups in total. The van der Waals surface area contributed by atoms with Crippen LogP contribution in [0.15, 0.2) is 29.3 Å². The number of rotatable bonds is 8. The second-order valence-corrected chi connectivity index (χ2v) is 10.3. The molecule has 1 aromatic carbocycles. The SMILES string of the molecule is CN=C(NCc1ccc(CS(C)(=O)=O)cc1)NCC1(CC(C)C)CCC1.I. The molecule has 1 fully saturated rings. The van der Waals surface area contributed by atoms with Crippen LogP contribution in [0.3, 0.4) is 0 Å². The van der Waals surface area contributed by atoms with Gasteiger partial charge in [-0.1, -0.05) is 44.5 Å². The molecular weight excluding hydrogens is 473 g/mol. The molecule has 1 aliphatic rings. The summed E-state index contributed by atoms with van der Waals surface area (Å²) >= 11 is 0. The van der Waals surface area contributed by atoms with Gasteiger partial charge in [0.2, 0.25) is 0 Å². The van der Waals surface area contributed by atoms with Gasteiger partial charge >= 0.3 is 0 Å². The molecule has 154 valence electrons. The monoisotopic (exact) mass is 507 g/mol. The van der Waals surface area contributed by atoms with Gasteiger partial charge in [0.05, 0.1) is 5.75 Å². The molecule has 7 heteroatoms. The van der Waals surface area contributed by atoms with Crippen molar-refractivity contribution in [3.8, 4) is 0 Å². The molecule has 0 bridgehead atoms. The fourth-order valence-electron chi connectivity index (χ4n) is 3.73. The first kappa shape index (κ1) is 24.2. The summed E-state index contributed by atoms with van der Waals surface area (Å²) in [5.41, 5.74) is 2.35. The number of sulfone groups is 1. The standard InChI is InChI=1S/C20H33N3O2S.HI/c1-16(2)12-20(10-5-11-20)15-23-19(21-3)22-13-17-6-8-18(9-7-17)14-26(4,24)25;/h6-9,16H,5,10-15H2,1-4H3,(H2,21,22,23);1H. The zero-order valence-corrected chi connectivity index (χ0v) is 20.1. The Morgan fingerprint density at radius 2 is 1.74 bits per heavy atom. The van der Waals surface area contributed by atoms with Crippen molar-refractivity contribution in [1.82, 2.24) is 10.6 Å². The number of aliphatic imine (C=N–C) groups is 1. The Hall–Kier alpha value is -0.830. The largest absolute Gasteiger partial charge is 0.356 e. The number of benzene rings is 1. The van der Waals surface area contributed by atoms with E-state index in [1.165, 1.54) is 31.9 Å². The van der Waals surface area contributed by atoms with Crippen molar-refractivity contribution >= 4 is 39.8 Å². The predicted octanol–water partition coefficient (Wildman–Crippen LogP) is 3.73. The lowest BCUT2D eigenvalue weighted by atomic mass is 9.64. The molecule has 1 aromatic rings. The summed E-state index contributed by atoms with van der Waals surface area (Å²) in [6, 6.07) is 7.68. The Morgan fingerprint density at radius 3 is 2.19 bits per heavy atom. The zero-order chi connectivity index (χ0) is 19.2. The summed E-state index contributed by atoms with van der Waals surface area (Å²) in [6.45, 7) is 6.22. The van der Waals surface area contributed by atoms with E-state index in [0.29, 0.717) is 12.0 Å². The number of halogens is 1. The van der Waals surface area contributed by atoms with Crippen LogP contribution < -0.4 is 10.6 Å². The third-order valence-corrected chi connectivity index (χ3v) is 5.88. The van der Waals surface area contributed by atoms with E-state index in [4.69, 9.17) is 0 Å². The van der Waals surface area contributed by atoms with Crippen molar-refractivity contribution in [2.75, 3.05) is 19.8 Å². The highest BCUT2D eigenvalue weighted by Gasteiger charge is 2.37. The van der Waals surface area contributed by atoms with Gasteiger partial charge < -0.3 is 10.6 Å². The van der Waals surface area contributed by atoms with Crippen molar-refractivity contribution in [3.63, 3.8) is 0 Å². The molecule has 27 heavy (non-hydrogen) atoms. The summed E-state index contributed by atoms with van der Waals surface area (Å²) in [6.07, 6.45) is 6.46. The summed E-state index contributed by atoms with van der Waals surface area (Å²) < 4.78 is 22.7. The van der Waals surface area contributed by atoms with Gasteiger partial charge in [0, 0.05) is 26.4 Å². The highest BCUT2D eigenvalue weighted by Crippen LogP contribution is 2.45. The molecular formula is C20H34IN3O2S. The van der Waals surface area contributed by atoms with Crippen molar-refractivity contribution in [3.05, 3.63) is 35.4 Å². The summed E-state index contributed by atoms with van der Waals surface area (Å²) in [5, 5.41) is 6.84. The van der Waals surface area contributed by atoms with E-state index in [2.05, 4.69) is 29.5 Å². The molecule has 0 aromatic heterocycles. The van der Waals surface area contributed by atoms with Gasteiger partial charge in [-0.3, -0.25) is 4.99 Å². The highest BCUT2D eigenvalue weighted by molar-refractivity contribution is 14.0. The van der Waals surface area contributed by atoms with Crippen LogP contribution in [-0.4, -0.2) is 34.2 Å². The van der Waals surface area contributed by atoms with Gasteiger partial charge in [0.25, 0.3) is 0 Å². The average molecular weight is 507 g/mol. The van der Waals surface area contributed by atoms with E-state index < -0.39 is 9.84 Å². The molecule has 0 saturated heterocycles. The zero-order valence-electron chi connectivity index (χ0n) is 16.9. The van der Waals surface area contributed by atoms with Crippen LogP contribution in [0, 0.1) is 11.3 Å². The number of nitrogens with zero attached hydrogens (tertiary/aromatic N) is 1. The number of guanidine groups is 1. The lowest BCUT2D eigenvalue weighted by molar-refractivity contribution is 0.104. The van der Waals surface area contributed by atoms with Crippen molar-refractivity contribution in [2.45, 2.75) is 51.8 Å². The first-order chi connectivity index (χ1) is 12.2. The van der Waals surface area contributed by atoms with Gasteiger partial charge in [0.1, 0.15) is 0 Å². The van der Waals surface area contributed by atoms with Crippen LogP contribution in [0.1, 0.15) is 50.7 Å². The van der Waals surface area contributed by atoms with Gasteiger partial charge in [-0.15, -0.1) is 24.0 Å². The van der Waals surface area contributed by atoms with Crippen LogP contribution in [-0.2, 0) is 22.1 Å². The molecule has 0 spiro atoms. The maximum absolute atomic E-state index is 11.4. The number of nitrogens with one attached hydrogen (secondary N) is 2. The first-order valence-corrected chi connectivity index (χ1v) is 11.5. The lowest BCUT2D eigenvalue weighted by Crippen LogP contribution is -2.46. The molecule has 0 heterocycles. The van der Waals surface area contributed by atoms with E-state index >= 15 is 0 Å². The second kappa shape index (κ2) is 10.6. The normalized spacial score (nSPS) is 16.4. The van der Waals surface area contributed by atoms with Crippen LogP contribution in [0.25, 0.3) is 0 Å². The fourth-order valence-corrected chi connectivity index (χ4v) is 4.53. The van der Waals surface area contributed by atoms with Crippen molar-refractivity contribution < 1.29 is 8.42 Å². The third-order valence-electron chi connectivity index (χ3n) is 5.02. The smallest absolute Gasteiger partial charge is 0.191 e. The third kappa shape index (κ3) is 8.37. The van der Waals surface area contributed by atoms with E-state index in [1.54, 1.807) is 7.05 Å². The topological polar surface area (TPSA) is 70.6 Å². The van der Waals surface area contributed by atoms with Crippen LogP contribution in [0.5, 0.6) is 0 Å². The van der Waals surface area contributed by atoms with E-state index in [9.17, 15) is 8.42 Å².